The highest BCUT2D eigenvalue weighted by Crippen LogP contribution is 2.29. The van der Waals surface area contributed by atoms with Gasteiger partial charge in [-0.1, -0.05) is 184 Å². The van der Waals surface area contributed by atoms with Crippen molar-refractivity contribution in [3.63, 3.8) is 0 Å². The van der Waals surface area contributed by atoms with Crippen LogP contribution in [0.3, 0.4) is 0 Å². The molecule has 1 aliphatic rings. The quantitative estimate of drug-likeness (QED) is 0.0295. The van der Waals surface area contributed by atoms with Crippen LogP contribution in [0, 0.1) is 5.92 Å². The molecule has 1 aliphatic heterocycles. The molecule has 3 atom stereocenters. The van der Waals surface area contributed by atoms with Crippen LogP contribution in [-0.4, -0.2) is 48.6 Å². The normalized spacial score (nSPS) is 16.7. The summed E-state index contributed by atoms with van der Waals surface area (Å²) in [5.74, 6) is 0.192. The Morgan fingerprint density at radius 3 is 1.42 bits per heavy atom. The number of aliphatic hydroxyl groups is 1. The van der Waals surface area contributed by atoms with Crippen molar-refractivity contribution in [3.05, 3.63) is 60.8 Å². The van der Waals surface area contributed by atoms with E-state index in [1.807, 2.05) is 12.2 Å². The minimum atomic E-state index is -0.999. The number of carbonyl (C=O) groups is 2. The second-order valence-electron chi connectivity index (χ2n) is 15.3. The van der Waals surface area contributed by atoms with Crippen molar-refractivity contribution in [1.82, 2.24) is 0 Å². The van der Waals surface area contributed by atoms with Gasteiger partial charge in [-0.2, -0.15) is 0 Å². The monoisotopic (exact) mass is 741 g/mol. The number of rotatable bonds is 37. The molecule has 0 radical (unpaired) electrons. The van der Waals surface area contributed by atoms with Gasteiger partial charge in [-0.3, -0.25) is 9.59 Å². The van der Waals surface area contributed by atoms with Crippen LogP contribution in [0.2, 0.25) is 0 Å². The predicted molar refractivity (Wildman–Crippen MR) is 223 cm³/mol. The molecule has 1 rings (SSSR count). The summed E-state index contributed by atoms with van der Waals surface area (Å²) in [4.78, 5) is 24.0. The number of ether oxygens (including phenoxy) is 3. The molecule has 0 aromatic carbocycles. The van der Waals surface area contributed by atoms with E-state index in [1.54, 1.807) is 0 Å². The number of hydrogen-bond donors (Lipinski definition) is 1. The molecule has 1 saturated heterocycles. The maximum Gasteiger partial charge on any atom is 0.306 e. The van der Waals surface area contributed by atoms with Gasteiger partial charge in [-0.25, -0.2) is 0 Å². The van der Waals surface area contributed by atoms with E-state index < -0.39 is 6.10 Å². The Labute approximate surface area is 326 Å². The molecule has 1 heterocycles. The highest BCUT2D eigenvalue weighted by Gasteiger charge is 2.35. The number of allylic oxidation sites excluding steroid dienone is 8. The first-order valence-electron chi connectivity index (χ1n) is 21.8. The molecule has 0 aromatic rings. The first-order valence-corrected chi connectivity index (χ1v) is 21.8. The number of carbonyl (C=O) groups excluding carboxylic acids is 2. The van der Waals surface area contributed by atoms with E-state index in [9.17, 15) is 14.7 Å². The molecule has 6 nitrogen and oxygen atoms in total. The van der Waals surface area contributed by atoms with Gasteiger partial charge in [-0.15, -0.1) is 0 Å². The van der Waals surface area contributed by atoms with E-state index in [-0.39, 0.29) is 31.6 Å². The number of hydrogen-bond acceptors (Lipinski definition) is 6. The van der Waals surface area contributed by atoms with Gasteiger partial charge in [0, 0.05) is 12.8 Å². The lowest BCUT2D eigenvalue weighted by molar-refractivity contribution is -0.152. The number of esters is 2. The summed E-state index contributed by atoms with van der Waals surface area (Å²) in [7, 11) is 0. The third-order valence-corrected chi connectivity index (χ3v) is 9.61. The van der Waals surface area contributed by atoms with E-state index in [4.69, 9.17) is 14.2 Å². The van der Waals surface area contributed by atoms with Crippen LogP contribution in [0.1, 0.15) is 188 Å². The maximum atomic E-state index is 12.0. The summed E-state index contributed by atoms with van der Waals surface area (Å²) < 4.78 is 16.0. The summed E-state index contributed by atoms with van der Waals surface area (Å²) >= 11 is 0. The number of unbranched alkanes of at least 4 members (excludes halogenated alkanes) is 15. The summed E-state index contributed by atoms with van der Waals surface area (Å²) in [6.45, 7) is 6.48. The van der Waals surface area contributed by atoms with Crippen molar-refractivity contribution in [2.24, 2.45) is 5.92 Å². The molecule has 0 spiro atoms. The molecule has 0 bridgehead atoms. The lowest BCUT2D eigenvalue weighted by atomic mass is 10.0. The van der Waals surface area contributed by atoms with E-state index >= 15 is 0 Å². The lowest BCUT2D eigenvalue weighted by Gasteiger charge is -2.12. The molecular formula is C47H80O6. The van der Waals surface area contributed by atoms with Gasteiger partial charge >= 0.3 is 11.9 Å². The Hall–Kier alpha value is -2.44. The van der Waals surface area contributed by atoms with Gasteiger partial charge < -0.3 is 19.3 Å². The summed E-state index contributed by atoms with van der Waals surface area (Å²) in [5, 5.41) is 10.0. The number of epoxide rings is 1. The van der Waals surface area contributed by atoms with Crippen molar-refractivity contribution in [3.8, 4) is 0 Å². The van der Waals surface area contributed by atoms with E-state index in [0.717, 1.165) is 63.7 Å². The summed E-state index contributed by atoms with van der Waals surface area (Å²) in [6, 6.07) is 0. The Balaban J connectivity index is 1.84. The zero-order chi connectivity index (χ0) is 38.5. The highest BCUT2D eigenvalue weighted by molar-refractivity contribution is 5.70. The second-order valence-corrected chi connectivity index (χ2v) is 15.3. The van der Waals surface area contributed by atoms with E-state index in [0.29, 0.717) is 25.0 Å². The molecule has 0 amide bonds. The Morgan fingerprint density at radius 2 is 0.943 bits per heavy atom. The van der Waals surface area contributed by atoms with Crippen LogP contribution < -0.4 is 0 Å². The fourth-order valence-electron chi connectivity index (χ4n) is 6.22. The molecule has 0 saturated carbocycles. The zero-order valence-corrected chi connectivity index (χ0v) is 34.4. The number of aliphatic hydroxyl groups excluding tert-OH is 1. The van der Waals surface area contributed by atoms with Gasteiger partial charge in [0.05, 0.1) is 12.2 Å². The van der Waals surface area contributed by atoms with Crippen molar-refractivity contribution in [1.29, 1.82) is 0 Å². The molecule has 6 heteroatoms. The van der Waals surface area contributed by atoms with E-state index in [1.165, 1.54) is 89.9 Å². The Kier molecular flexibility index (Phi) is 33.5. The van der Waals surface area contributed by atoms with Gasteiger partial charge in [0.15, 0.2) is 0 Å². The van der Waals surface area contributed by atoms with Crippen molar-refractivity contribution in [2.45, 2.75) is 206 Å². The first kappa shape index (κ1) is 48.6. The third kappa shape index (κ3) is 35.0. The van der Waals surface area contributed by atoms with Crippen LogP contribution in [0.25, 0.3) is 0 Å². The Morgan fingerprint density at radius 1 is 0.547 bits per heavy atom. The van der Waals surface area contributed by atoms with Gasteiger partial charge in [0.25, 0.3) is 0 Å². The molecule has 53 heavy (non-hydrogen) atoms. The second kappa shape index (κ2) is 36.5. The topological polar surface area (TPSA) is 85.4 Å². The van der Waals surface area contributed by atoms with E-state index in [2.05, 4.69) is 69.4 Å². The maximum absolute atomic E-state index is 12.0. The molecule has 304 valence electrons. The van der Waals surface area contributed by atoms with Crippen molar-refractivity contribution < 1.29 is 28.9 Å². The molecule has 2 unspecified atom stereocenters. The zero-order valence-electron chi connectivity index (χ0n) is 34.4. The van der Waals surface area contributed by atoms with Crippen molar-refractivity contribution >= 4 is 11.9 Å². The first-order chi connectivity index (χ1) is 25.9. The van der Waals surface area contributed by atoms with Crippen LogP contribution in [0.15, 0.2) is 60.8 Å². The van der Waals surface area contributed by atoms with Crippen LogP contribution in [-0.2, 0) is 23.8 Å². The third-order valence-electron chi connectivity index (χ3n) is 9.61. The highest BCUT2D eigenvalue weighted by atomic mass is 16.6. The standard InChI is InChI=1S/C47H80O6/c1-4-5-30-36-44-45(53-44)37-32-27-23-19-15-12-13-17-21-25-29-34-39-47(50)52-41-43(48)40-51-46(49)38-33-28-24-20-16-11-9-7-6-8-10-14-18-22-26-31-35-42(2)3/h5,13,15,17,19,25,27,29-30,32,42-45,48H,4,6-12,14,16,18,20-24,26,28,31,33-41H2,1-3H3/b17-13-,19-15-,29-25-,30-5-,32-27-/t43-,44?,45?/m0/s1. The van der Waals surface area contributed by atoms with Gasteiger partial charge in [0.2, 0.25) is 0 Å². The van der Waals surface area contributed by atoms with Gasteiger partial charge in [-0.05, 0) is 57.3 Å². The lowest BCUT2D eigenvalue weighted by Crippen LogP contribution is -2.25. The minimum Gasteiger partial charge on any atom is -0.463 e. The average Bonchev–Trinajstić information content (AvgIpc) is 3.90. The fourth-order valence-corrected chi connectivity index (χ4v) is 6.22. The molecule has 0 aromatic heterocycles. The van der Waals surface area contributed by atoms with Crippen LogP contribution in [0.5, 0.6) is 0 Å². The largest absolute Gasteiger partial charge is 0.463 e. The molecule has 1 N–H and O–H groups in total. The minimum absolute atomic E-state index is 0.143. The average molecular weight is 741 g/mol. The van der Waals surface area contributed by atoms with Crippen LogP contribution >= 0.6 is 0 Å². The smallest absolute Gasteiger partial charge is 0.306 e. The molecule has 0 aliphatic carbocycles. The van der Waals surface area contributed by atoms with Gasteiger partial charge in [0.1, 0.15) is 19.3 Å². The summed E-state index contributed by atoms with van der Waals surface area (Å²) in [5.41, 5.74) is 0. The molecular weight excluding hydrogens is 661 g/mol. The predicted octanol–water partition coefficient (Wildman–Crippen LogP) is 12.8. The fraction of sp³-hybridized carbons (Fsp3) is 0.745. The van der Waals surface area contributed by atoms with Crippen LogP contribution in [0.4, 0.5) is 0 Å². The molecule has 1 fully saturated rings. The summed E-state index contributed by atoms with van der Waals surface area (Å²) in [6.07, 6.45) is 50.5. The van der Waals surface area contributed by atoms with Crippen molar-refractivity contribution in [2.75, 3.05) is 13.2 Å². The SMILES string of the molecule is CC/C=C\CC1OC1C/C=C\C/C=C\C/C=C\C/C=C\CCC(=O)OC[C@@H](O)COC(=O)CCCCCCCCCCCCCCCCCCC(C)C. The Bertz CT molecular complexity index is 1010.